The van der Waals surface area contributed by atoms with Gasteiger partial charge in [0.25, 0.3) is 0 Å². The van der Waals surface area contributed by atoms with E-state index in [2.05, 4.69) is 5.32 Å². The Labute approximate surface area is 109 Å². The van der Waals surface area contributed by atoms with Gasteiger partial charge in [-0.3, -0.25) is 4.79 Å². The summed E-state index contributed by atoms with van der Waals surface area (Å²) in [5, 5.41) is 12.2. The average molecular weight is 259 g/mol. The molecule has 106 valence electrons. The van der Waals surface area contributed by atoms with Gasteiger partial charge < -0.3 is 19.9 Å². The van der Waals surface area contributed by atoms with E-state index >= 15 is 0 Å². The van der Waals surface area contributed by atoms with Crippen LogP contribution >= 0.6 is 0 Å². The summed E-state index contributed by atoms with van der Waals surface area (Å²) in [6, 6.07) is 0. The number of rotatable bonds is 8. The van der Waals surface area contributed by atoms with E-state index in [0.717, 1.165) is 19.4 Å². The summed E-state index contributed by atoms with van der Waals surface area (Å²) in [6.07, 6.45) is 4.02. The van der Waals surface area contributed by atoms with Crippen molar-refractivity contribution in [1.29, 1.82) is 0 Å². The third-order valence-electron chi connectivity index (χ3n) is 3.36. The average Bonchev–Trinajstić information content (AvgIpc) is 2.36. The SMILES string of the molecule is CCNC(C)(CCOCC1CCCCO1)C(=O)O. The quantitative estimate of drug-likeness (QED) is 0.645. The van der Waals surface area contributed by atoms with E-state index in [1.807, 2.05) is 6.92 Å². The first-order valence-corrected chi connectivity index (χ1v) is 6.76. The molecule has 0 aromatic heterocycles. The van der Waals surface area contributed by atoms with Crippen LogP contribution in [-0.2, 0) is 14.3 Å². The number of nitrogens with one attached hydrogen (secondary N) is 1. The highest BCUT2D eigenvalue weighted by molar-refractivity contribution is 5.78. The molecule has 1 aliphatic heterocycles. The van der Waals surface area contributed by atoms with E-state index in [1.165, 1.54) is 6.42 Å². The summed E-state index contributed by atoms with van der Waals surface area (Å²) in [4.78, 5) is 11.2. The predicted octanol–water partition coefficient (Wildman–Crippen LogP) is 1.41. The minimum absolute atomic E-state index is 0.189. The highest BCUT2D eigenvalue weighted by Crippen LogP contribution is 2.14. The Balaban J connectivity index is 2.20. The number of hydrogen-bond donors (Lipinski definition) is 2. The maximum Gasteiger partial charge on any atom is 0.323 e. The van der Waals surface area contributed by atoms with Gasteiger partial charge in [0.05, 0.1) is 12.7 Å². The summed E-state index contributed by atoms with van der Waals surface area (Å²) < 4.78 is 11.1. The van der Waals surface area contributed by atoms with Gasteiger partial charge >= 0.3 is 5.97 Å². The van der Waals surface area contributed by atoms with Crippen molar-refractivity contribution in [2.75, 3.05) is 26.4 Å². The van der Waals surface area contributed by atoms with E-state index in [0.29, 0.717) is 26.2 Å². The second-order valence-electron chi connectivity index (χ2n) is 4.98. The highest BCUT2D eigenvalue weighted by atomic mass is 16.5. The lowest BCUT2D eigenvalue weighted by Crippen LogP contribution is -2.50. The van der Waals surface area contributed by atoms with Gasteiger partial charge in [0.2, 0.25) is 0 Å². The molecular formula is C13H25NO4. The summed E-state index contributed by atoms with van der Waals surface area (Å²) in [5.41, 5.74) is -0.901. The number of carbonyl (C=O) groups is 1. The molecule has 0 amide bonds. The van der Waals surface area contributed by atoms with Crippen LogP contribution in [0.4, 0.5) is 0 Å². The number of ether oxygens (including phenoxy) is 2. The standard InChI is InChI=1S/C13H25NO4/c1-3-14-13(2,12(15)16)7-9-17-10-11-6-4-5-8-18-11/h11,14H,3-10H2,1-2H3,(H,15,16). The van der Waals surface area contributed by atoms with Crippen LogP contribution in [-0.4, -0.2) is 49.1 Å². The Bertz CT molecular complexity index is 253. The number of carboxylic acids is 1. The van der Waals surface area contributed by atoms with Crippen LogP contribution < -0.4 is 5.32 Å². The minimum atomic E-state index is -0.901. The van der Waals surface area contributed by atoms with Crippen molar-refractivity contribution in [3.8, 4) is 0 Å². The Morgan fingerprint density at radius 3 is 2.89 bits per heavy atom. The van der Waals surface area contributed by atoms with Crippen molar-refractivity contribution < 1.29 is 19.4 Å². The smallest absolute Gasteiger partial charge is 0.323 e. The molecule has 1 aliphatic rings. The molecule has 5 nitrogen and oxygen atoms in total. The fourth-order valence-electron chi connectivity index (χ4n) is 2.09. The summed E-state index contributed by atoms with van der Waals surface area (Å²) in [7, 11) is 0. The van der Waals surface area contributed by atoms with Gasteiger partial charge in [0, 0.05) is 13.2 Å². The summed E-state index contributed by atoms with van der Waals surface area (Å²) >= 11 is 0. The van der Waals surface area contributed by atoms with Crippen molar-refractivity contribution in [1.82, 2.24) is 5.32 Å². The van der Waals surface area contributed by atoms with E-state index < -0.39 is 11.5 Å². The van der Waals surface area contributed by atoms with Gasteiger partial charge in [-0.05, 0) is 39.2 Å². The zero-order valence-corrected chi connectivity index (χ0v) is 11.4. The lowest BCUT2D eigenvalue weighted by atomic mass is 9.98. The van der Waals surface area contributed by atoms with Gasteiger partial charge in [0.15, 0.2) is 0 Å². The number of carboxylic acid groups (broad SMARTS) is 1. The topological polar surface area (TPSA) is 67.8 Å². The van der Waals surface area contributed by atoms with Crippen molar-refractivity contribution in [2.45, 2.75) is 51.2 Å². The Morgan fingerprint density at radius 2 is 2.33 bits per heavy atom. The molecule has 18 heavy (non-hydrogen) atoms. The van der Waals surface area contributed by atoms with E-state index in [1.54, 1.807) is 6.92 Å². The molecule has 5 heteroatoms. The molecule has 1 saturated heterocycles. The van der Waals surface area contributed by atoms with Crippen LogP contribution in [0.2, 0.25) is 0 Å². The van der Waals surface area contributed by atoms with Crippen LogP contribution in [0.5, 0.6) is 0 Å². The second-order valence-corrected chi connectivity index (χ2v) is 4.98. The maximum absolute atomic E-state index is 11.2. The van der Waals surface area contributed by atoms with E-state index in [9.17, 15) is 4.79 Å². The molecule has 0 bridgehead atoms. The molecule has 1 fully saturated rings. The zero-order chi connectivity index (χ0) is 13.4. The van der Waals surface area contributed by atoms with Gasteiger partial charge in [0.1, 0.15) is 5.54 Å². The van der Waals surface area contributed by atoms with Crippen molar-refractivity contribution in [3.05, 3.63) is 0 Å². The second kappa shape index (κ2) is 7.71. The van der Waals surface area contributed by atoms with Crippen molar-refractivity contribution in [2.24, 2.45) is 0 Å². The first-order chi connectivity index (χ1) is 8.58. The lowest BCUT2D eigenvalue weighted by Gasteiger charge is -2.26. The lowest BCUT2D eigenvalue weighted by molar-refractivity contribution is -0.145. The molecule has 0 radical (unpaired) electrons. The largest absolute Gasteiger partial charge is 0.480 e. The molecule has 0 aromatic carbocycles. The molecule has 2 atom stereocenters. The Morgan fingerprint density at radius 1 is 1.56 bits per heavy atom. The van der Waals surface area contributed by atoms with Gasteiger partial charge in [-0.2, -0.15) is 0 Å². The zero-order valence-electron chi connectivity index (χ0n) is 11.4. The minimum Gasteiger partial charge on any atom is -0.480 e. The van der Waals surface area contributed by atoms with Gasteiger partial charge in [-0.15, -0.1) is 0 Å². The van der Waals surface area contributed by atoms with Gasteiger partial charge in [-0.1, -0.05) is 6.92 Å². The molecule has 1 heterocycles. The third-order valence-corrected chi connectivity index (χ3v) is 3.36. The van der Waals surface area contributed by atoms with Crippen LogP contribution in [0.25, 0.3) is 0 Å². The van der Waals surface area contributed by atoms with E-state index in [4.69, 9.17) is 14.6 Å². The highest BCUT2D eigenvalue weighted by Gasteiger charge is 2.31. The van der Waals surface area contributed by atoms with Gasteiger partial charge in [-0.25, -0.2) is 0 Å². The molecule has 1 rings (SSSR count). The van der Waals surface area contributed by atoms with Crippen LogP contribution in [0.15, 0.2) is 0 Å². The van der Waals surface area contributed by atoms with Crippen molar-refractivity contribution in [3.63, 3.8) is 0 Å². The molecule has 0 saturated carbocycles. The molecular weight excluding hydrogens is 234 g/mol. The first-order valence-electron chi connectivity index (χ1n) is 6.76. The Hall–Kier alpha value is -0.650. The van der Waals surface area contributed by atoms with Crippen LogP contribution in [0.1, 0.15) is 39.5 Å². The predicted molar refractivity (Wildman–Crippen MR) is 68.7 cm³/mol. The summed E-state index contributed by atoms with van der Waals surface area (Å²) in [6.45, 7) is 6.06. The van der Waals surface area contributed by atoms with Crippen molar-refractivity contribution >= 4 is 5.97 Å². The number of likely N-dealkylation sites (N-methyl/N-ethyl adjacent to an activating group) is 1. The maximum atomic E-state index is 11.2. The van der Waals surface area contributed by atoms with Crippen LogP contribution in [0.3, 0.4) is 0 Å². The fraction of sp³-hybridized carbons (Fsp3) is 0.923. The third kappa shape index (κ3) is 4.92. The van der Waals surface area contributed by atoms with Crippen LogP contribution in [0, 0.1) is 0 Å². The molecule has 0 aromatic rings. The molecule has 2 N–H and O–H groups in total. The normalized spacial score (nSPS) is 23.6. The van der Waals surface area contributed by atoms with E-state index in [-0.39, 0.29) is 6.10 Å². The molecule has 0 spiro atoms. The molecule has 2 unspecified atom stereocenters. The number of hydrogen-bond acceptors (Lipinski definition) is 4. The first kappa shape index (κ1) is 15.4. The summed E-state index contributed by atoms with van der Waals surface area (Å²) in [5.74, 6) is -0.832. The fourth-order valence-corrected chi connectivity index (χ4v) is 2.09. The monoisotopic (exact) mass is 259 g/mol. The Kier molecular flexibility index (Phi) is 6.60. The molecule has 0 aliphatic carbocycles. The number of aliphatic carboxylic acids is 1.